The van der Waals surface area contributed by atoms with Gasteiger partial charge in [0.2, 0.25) is 5.91 Å². The van der Waals surface area contributed by atoms with Crippen molar-refractivity contribution in [3.8, 4) is 0 Å². The third-order valence-corrected chi connectivity index (χ3v) is 4.54. The fourth-order valence-corrected chi connectivity index (χ4v) is 3.33. The Hall–Kier alpha value is -0.610. The molecule has 1 rings (SSSR count). The average Bonchev–Trinajstić information content (AvgIpc) is 2.48. The Morgan fingerprint density at radius 2 is 1.90 bits per heavy atom. The summed E-state index contributed by atoms with van der Waals surface area (Å²) in [6, 6.07) is 0.393. The molecular weight excluding hydrogens is 262 g/mol. The minimum atomic E-state index is 0.238. The third-order valence-electron chi connectivity index (χ3n) is 4.54. The number of nitrogens with two attached hydrogens (primary N) is 1. The fraction of sp³-hybridized carbons (Fsp3) is 0.941. The van der Waals surface area contributed by atoms with Crippen LogP contribution in [-0.2, 0) is 4.79 Å². The number of nitrogens with zero attached hydrogens (tertiary/aromatic N) is 1. The number of amides is 1. The van der Waals surface area contributed by atoms with Crippen LogP contribution in [0.1, 0.15) is 65.2 Å². The summed E-state index contributed by atoms with van der Waals surface area (Å²) in [5.74, 6) is 0.860. The van der Waals surface area contributed by atoms with Crippen LogP contribution in [-0.4, -0.2) is 43.0 Å². The summed E-state index contributed by atoms with van der Waals surface area (Å²) in [5.41, 5.74) is 5.65. The van der Waals surface area contributed by atoms with Crippen LogP contribution in [0.4, 0.5) is 0 Å². The normalized spacial score (nSPS) is 18.6. The molecule has 1 unspecified atom stereocenters. The topological polar surface area (TPSA) is 58.4 Å². The lowest BCUT2D eigenvalue weighted by Crippen LogP contribution is -2.44. The van der Waals surface area contributed by atoms with E-state index in [4.69, 9.17) is 5.73 Å². The van der Waals surface area contributed by atoms with Gasteiger partial charge in [-0.15, -0.1) is 0 Å². The molecule has 0 bridgehead atoms. The number of carbonyl (C=O) groups excluding carboxylic acids is 1. The Kier molecular flexibility index (Phi) is 9.68. The molecule has 124 valence electrons. The van der Waals surface area contributed by atoms with Crippen molar-refractivity contribution in [3.63, 3.8) is 0 Å². The molecule has 4 heteroatoms. The van der Waals surface area contributed by atoms with E-state index in [2.05, 4.69) is 24.1 Å². The van der Waals surface area contributed by atoms with Crippen LogP contribution >= 0.6 is 0 Å². The Balaban J connectivity index is 2.18. The van der Waals surface area contributed by atoms with E-state index in [1.807, 2.05) is 0 Å². The lowest BCUT2D eigenvalue weighted by molar-refractivity contribution is -0.122. The highest BCUT2D eigenvalue weighted by Crippen LogP contribution is 2.17. The molecule has 0 aromatic heterocycles. The summed E-state index contributed by atoms with van der Waals surface area (Å²) in [4.78, 5) is 14.6. The van der Waals surface area contributed by atoms with Gasteiger partial charge in [0, 0.05) is 25.6 Å². The van der Waals surface area contributed by atoms with E-state index in [1.54, 1.807) is 0 Å². The van der Waals surface area contributed by atoms with Gasteiger partial charge in [0.25, 0.3) is 0 Å². The number of hydrogen-bond donors (Lipinski definition) is 2. The number of hydrogen-bond acceptors (Lipinski definition) is 3. The zero-order valence-electron chi connectivity index (χ0n) is 14.1. The maximum absolute atomic E-state index is 12.1. The van der Waals surface area contributed by atoms with Crippen LogP contribution in [0.15, 0.2) is 0 Å². The van der Waals surface area contributed by atoms with E-state index in [9.17, 15) is 4.79 Å². The van der Waals surface area contributed by atoms with E-state index in [0.29, 0.717) is 18.4 Å². The first-order valence-electron chi connectivity index (χ1n) is 8.91. The van der Waals surface area contributed by atoms with Crippen molar-refractivity contribution in [3.05, 3.63) is 0 Å². The second kappa shape index (κ2) is 11.0. The molecule has 1 saturated heterocycles. The molecular formula is C17H35N3O. The predicted molar refractivity (Wildman–Crippen MR) is 89.2 cm³/mol. The first-order valence-corrected chi connectivity index (χ1v) is 8.91. The Bertz CT molecular complexity index is 269. The molecule has 1 amide bonds. The van der Waals surface area contributed by atoms with Crippen molar-refractivity contribution in [2.45, 2.75) is 71.3 Å². The van der Waals surface area contributed by atoms with Crippen LogP contribution in [0.3, 0.4) is 0 Å². The second-order valence-electron chi connectivity index (χ2n) is 6.45. The molecule has 3 N–H and O–H groups in total. The maximum atomic E-state index is 12.1. The van der Waals surface area contributed by atoms with Crippen LogP contribution in [0.25, 0.3) is 0 Å². The van der Waals surface area contributed by atoms with Crippen LogP contribution in [0.5, 0.6) is 0 Å². The van der Waals surface area contributed by atoms with Crippen molar-refractivity contribution < 1.29 is 4.79 Å². The highest BCUT2D eigenvalue weighted by atomic mass is 16.1. The summed E-state index contributed by atoms with van der Waals surface area (Å²) in [5, 5.41) is 3.22. The van der Waals surface area contributed by atoms with E-state index < -0.39 is 0 Å². The first-order chi connectivity index (χ1) is 10.2. The smallest absolute Gasteiger partial charge is 0.220 e. The minimum absolute atomic E-state index is 0.238. The van der Waals surface area contributed by atoms with Gasteiger partial charge in [-0.3, -0.25) is 4.79 Å². The van der Waals surface area contributed by atoms with Crippen LogP contribution < -0.4 is 11.1 Å². The van der Waals surface area contributed by atoms with E-state index >= 15 is 0 Å². The lowest BCUT2D eigenvalue weighted by Gasteiger charge is -2.32. The first kappa shape index (κ1) is 18.4. The highest BCUT2D eigenvalue weighted by Gasteiger charge is 2.20. The van der Waals surface area contributed by atoms with Gasteiger partial charge in [-0.05, 0) is 51.1 Å². The molecule has 0 spiro atoms. The average molecular weight is 297 g/mol. The monoisotopic (exact) mass is 297 g/mol. The standard InChI is InChI=1S/C17H35N3O/c1-3-5-15(8-11-18)6-7-17(21)19-16-9-13-20(12-4-2)14-10-16/h15-16H,3-14,18H2,1-2H3,(H,19,21). The van der Waals surface area contributed by atoms with Gasteiger partial charge in [0.1, 0.15) is 0 Å². The van der Waals surface area contributed by atoms with Crippen molar-refractivity contribution in [1.82, 2.24) is 10.2 Å². The van der Waals surface area contributed by atoms with Crippen molar-refractivity contribution in [1.29, 1.82) is 0 Å². The van der Waals surface area contributed by atoms with Gasteiger partial charge in [-0.2, -0.15) is 0 Å². The summed E-state index contributed by atoms with van der Waals surface area (Å²) < 4.78 is 0. The molecule has 4 nitrogen and oxygen atoms in total. The van der Waals surface area contributed by atoms with Crippen molar-refractivity contribution in [2.75, 3.05) is 26.2 Å². The molecule has 0 saturated carbocycles. The summed E-state index contributed by atoms with van der Waals surface area (Å²) in [6.07, 6.45) is 8.51. The van der Waals surface area contributed by atoms with Gasteiger partial charge < -0.3 is 16.0 Å². The summed E-state index contributed by atoms with van der Waals surface area (Å²) >= 11 is 0. The largest absolute Gasteiger partial charge is 0.353 e. The SMILES string of the molecule is CCCC(CCN)CCC(=O)NC1CCN(CCC)CC1. The van der Waals surface area contributed by atoms with E-state index in [-0.39, 0.29) is 5.91 Å². The Labute approximate surface area is 130 Å². The zero-order chi connectivity index (χ0) is 15.5. The summed E-state index contributed by atoms with van der Waals surface area (Å²) in [7, 11) is 0. The van der Waals surface area contributed by atoms with Crippen molar-refractivity contribution >= 4 is 5.91 Å². The fourth-order valence-electron chi connectivity index (χ4n) is 3.33. The second-order valence-corrected chi connectivity index (χ2v) is 6.45. The van der Waals surface area contributed by atoms with Gasteiger partial charge >= 0.3 is 0 Å². The summed E-state index contributed by atoms with van der Waals surface area (Å²) in [6.45, 7) is 8.62. The maximum Gasteiger partial charge on any atom is 0.220 e. The highest BCUT2D eigenvalue weighted by molar-refractivity contribution is 5.76. The minimum Gasteiger partial charge on any atom is -0.353 e. The van der Waals surface area contributed by atoms with Crippen molar-refractivity contribution in [2.24, 2.45) is 11.7 Å². The van der Waals surface area contributed by atoms with Gasteiger partial charge in [-0.1, -0.05) is 26.7 Å². The number of likely N-dealkylation sites (tertiary alicyclic amines) is 1. The van der Waals surface area contributed by atoms with Gasteiger partial charge in [0.15, 0.2) is 0 Å². The van der Waals surface area contributed by atoms with Gasteiger partial charge in [-0.25, -0.2) is 0 Å². The zero-order valence-corrected chi connectivity index (χ0v) is 14.1. The molecule has 0 aromatic rings. The van der Waals surface area contributed by atoms with E-state index in [0.717, 1.165) is 45.3 Å². The predicted octanol–water partition coefficient (Wildman–Crippen LogP) is 2.52. The third kappa shape index (κ3) is 7.82. The molecule has 1 heterocycles. The number of nitrogens with one attached hydrogen (secondary N) is 1. The van der Waals surface area contributed by atoms with E-state index in [1.165, 1.54) is 25.8 Å². The number of carbonyl (C=O) groups is 1. The molecule has 0 aliphatic carbocycles. The molecule has 1 aliphatic rings. The van der Waals surface area contributed by atoms with Gasteiger partial charge in [0.05, 0.1) is 0 Å². The Morgan fingerprint density at radius 3 is 2.48 bits per heavy atom. The number of rotatable bonds is 10. The molecule has 1 fully saturated rings. The molecule has 1 aliphatic heterocycles. The molecule has 21 heavy (non-hydrogen) atoms. The van der Waals surface area contributed by atoms with Crippen LogP contribution in [0, 0.1) is 5.92 Å². The quantitative estimate of drug-likeness (QED) is 0.651. The lowest BCUT2D eigenvalue weighted by atomic mass is 9.94. The number of piperidine rings is 1. The molecule has 0 radical (unpaired) electrons. The van der Waals surface area contributed by atoms with Crippen LogP contribution in [0.2, 0.25) is 0 Å². The molecule has 0 aromatic carbocycles. The Morgan fingerprint density at radius 1 is 1.19 bits per heavy atom. The molecule has 1 atom stereocenters.